The number of ether oxygens (including phenoxy) is 1. The normalized spacial score (nSPS) is 10.6. The van der Waals surface area contributed by atoms with Crippen LogP contribution in [-0.2, 0) is 6.54 Å². The predicted octanol–water partition coefficient (Wildman–Crippen LogP) is 3.44. The highest BCUT2D eigenvalue weighted by molar-refractivity contribution is 5.89. The van der Waals surface area contributed by atoms with Gasteiger partial charge in [-0.2, -0.15) is 5.10 Å². The number of rotatable bonds is 4. The van der Waals surface area contributed by atoms with Crippen LogP contribution < -0.4 is 10.3 Å². The van der Waals surface area contributed by atoms with Gasteiger partial charge in [0.2, 0.25) is 0 Å². The van der Waals surface area contributed by atoms with Crippen LogP contribution in [0.2, 0.25) is 0 Å². The standard InChI is InChI=1S/C21H20N2O3/c1-14-11-15(2)20(16(3)12-14)26-21(25)18-9-10-19(24)23(22-18)13-17-7-5-4-6-8-17/h4-12H,13H2,1-3H3. The molecule has 26 heavy (non-hydrogen) atoms. The zero-order chi connectivity index (χ0) is 18.7. The van der Waals surface area contributed by atoms with Crippen LogP contribution in [0.3, 0.4) is 0 Å². The molecule has 0 aliphatic heterocycles. The maximum Gasteiger partial charge on any atom is 0.364 e. The molecule has 0 amide bonds. The second-order valence-electron chi connectivity index (χ2n) is 6.32. The molecule has 5 heteroatoms. The summed E-state index contributed by atoms with van der Waals surface area (Å²) in [5.41, 5.74) is 3.63. The van der Waals surface area contributed by atoms with E-state index in [1.54, 1.807) is 0 Å². The van der Waals surface area contributed by atoms with Crippen LogP contribution in [-0.4, -0.2) is 15.7 Å². The molecule has 1 heterocycles. The Morgan fingerprint density at radius 1 is 1.00 bits per heavy atom. The summed E-state index contributed by atoms with van der Waals surface area (Å²) in [6.45, 7) is 6.08. The van der Waals surface area contributed by atoms with E-state index in [0.717, 1.165) is 22.3 Å². The lowest BCUT2D eigenvalue weighted by atomic mass is 10.1. The van der Waals surface area contributed by atoms with Crippen molar-refractivity contribution in [3.05, 3.63) is 92.9 Å². The summed E-state index contributed by atoms with van der Waals surface area (Å²) in [7, 11) is 0. The van der Waals surface area contributed by atoms with Gasteiger partial charge in [-0.05, 0) is 43.5 Å². The van der Waals surface area contributed by atoms with Gasteiger partial charge in [-0.25, -0.2) is 9.48 Å². The molecule has 0 bridgehead atoms. The summed E-state index contributed by atoms with van der Waals surface area (Å²) < 4.78 is 6.81. The van der Waals surface area contributed by atoms with Crippen molar-refractivity contribution in [3.8, 4) is 5.75 Å². The van der Waals surface area contributed by atoms with Gasteiger partial charge in [0.05, 0.1) is 6.54 Å². The van der Waals surface area contributed by atoms with E-state index in [9.17, 15) is 9.59 Å². The van der Waals surface area contributed by atoms with Gasteiger partial charge in [-0.15, -0.1) is 0 Å². The Kier molecular flexibility index (Phi) is 4.98. The Labute approximate surface area is 151 Å². The van der Waals surface area contributed by atoms with Gasteiger partial charge in [0.15, 0.2) is 5.69 Å². The number of aromatic nitrogens is 2. The lowest BCUT2D eigenvalue weighted by molar-refractivity contribution is 0.0723. The van der Waals surface area contributed by atoms with Crippen molar-refractivity contribution in [2.45, 2.75) is 27.3 Å². The van der Waals surface area contributed by atoms with Crippen molar-refractivity contribution in [2.24, 2.45) is 0 Å². The highest BCUT2D eigenvalue weighted by Crippen LogP contribution is 2.25. The zero-order valence-corrected chi connectivity index (χ0v) is 15.0. The largest absolute Gasteiger partial charge is 0.421 e. The molecule has 0 saturated heterocycles. The Morgan fingerprint density at radius 3 is 2.31 bits per heavy atom. The molecule has 0 atom stereocenters. The summed E-state index contributed by atoms with van der Waals surface area (Å²) in [5, 5.41) is 4.17. The van der Waals surface area contributed by atoms with Gasteiger partial charge in [0.1, 0.15) is 5.75 Å². The molecule has 0 unspecified atom stereocenters. The molecule has 0 N–H and O–H groups in total. The number of carbonyl (C=O) groups excluding carboxylic acids is 1. The summed E-state index contributed by atoms with van der Waals surface area (Å²) in [4.78, 5) is 24.6. The fourth-order valence-electron chi connectivity index (χ4n) is 2.90. The van der Waals surface area contributed by atoms with Gasteiger partial charge in [0.25, 0.3) is 5.56 Å². The molecule has 0 fully saturated rings. The topological polar surface area (TPSA) is 61.2 Å². The molecule has 3 aromatic rings. The highest BCUT2D eigenvalue weighted by Gasteiger charge is 2.15. The van der Waals surface area contributed by atoms with Crippen LogP contribution in [0.5, 0.6) is 5.75 Å². The first kappa shape index (κ1) is 17.6. The van der Waals surface area contributed by atoms with Crippen LogP contribution >= 0.6 is 0 Å². The summed E-state index contributed by atoms with van der Waals surface area (Å²) in [5.74, 6) is -0.0509. The van der Waals surface area contributed by atoms with Gasteiger partial charge < -0.3 is 4.74 Å². The predicted molar refractivity (Wildman–Crippen MR) is 99.7 cm³/mol. The fourth-order valence-corrected chi connectivity index (χ4v) is 2.90. The van der Waals surface area contributed by atoms with Gasteiger partial charge in [-0.1, -0.05) is 48.0 Å². The number of carbonyl (C=O) groups is 1. The van der Waals surface area contributed by atoms with Crippen molar-refractivity contribution in [1.82, 2.24) is 9.78 Å². The molecule has 3 rings (SSSR count). The molecule has 132 valence electrons. The van der Waals surface area contributed by atoms with E-state index in [-0.39, 0.29) is 11.3 Å². The number of hydrogen-bond donors (Lipinski definition) is 0. The van der Waals surface area contributed by atoms with Crippen molar-refractivity contribution < 1.29 is 9.53 Å². The number of hydrogen-bond acceptors (Lipinski definition) is 4. The van der Waals surface area contributed by atoms with Crippen LogP contribution in [0.25, 0.3) is 0 Å². The summed E-state index contributed by atoms with van der Waals surface area (Å²) >= 11 is 0. The third-order valence-corrected chi connectivity index (χ3v) is 4.05. The number of esters is 1. The summed E-state index contributed by atoms with van der Waals surface area (Å²) in [6, 6.07) is 16.1. The quantitative estimate of drug-likeness (QED) is 0.535. The molecule has 2 aromatic carbocycles. The molecular formula is C21H20N2O3. The third-order valence-electron chi connectivity index (χ3n) is 4.05. The molecule has 0 spiro atoms. The first-order valence-electron chi connectivity index (χ1n) is 8.36. The van der Waals surface area contributed by atoms with Gasteiger partial charge in [0, 0.05) is 6.07 Å². The Hall–Kier alpha value is -3.21. The van der Waals surface area contributed by atoms with Crippen molar-refractivity contribution in [2.75, 3.05) is 0 Å². The minimum absolute atomic E-state index is 0.0971. The van der Waals surface area contributed by atoms with E-state index in [2.05, 4.69) is 5.10 Å². The van der Waals surface area contributed by atoms with Crippen molar-refractivity contribution in [3.63, 3.8) is 0 Å². The zero-order valence-electron chi connectivity index (χ0n) is 15.0. The minimum atomic E-state index is -0.582. The molecule has 0 radical (unpaired) electrons. The SMILES string of the molecule is Cc1cc(C)c(OC(=O)c2ccc(=O)n(Cc3ccccc3)n2)c(C)c1. The minimum Gasteiger partial charge on any atom is -0.421 e. The van der Waals surface area contributed by atoms with Crippen LogP contribution in [0.4, 0.5) is 0 Å². The number of aryl methyl sites for hydroxylation is 3. The first-order valence-corrected chi connectivity index (χ1v) is 8.36. The fraction of sp³-hybridized carbons (Fsp3) is 0.190. The number of nitrogens with zero attached hydrogens (tertiary/aromatic N) is 2. The van der Waals surface area contributed by atoms with Crippen molar-refractivity contribution in [1.29, 1.82) is 0 Å². The maximum absolute atomic E-state index is 12.5. The van der Waals surface area contributed by atoms with Crippen LogP contribution in [0.15, 0.2) is 59.4 Å². The molecule has 5 nitrogen and oxygen atoms in total. The second-order valence-corrected chi connectivity index (χ2v) is 6.32. The molecule has 1 aromatic heterocycles. The molecular weight excluding hydrogens is 328 g/mol. The van der Waals surface area contributed by atoms with Gasteiger partial charge >= 0.3 is 5.97 Å². The average molecular weight is 348 g/mol. The van der Waals surface area contributed by atoms with Crippen molar-refractivity contribution >= 4 is 5.97 Å². The van der Waals surface area contributed by atoms with Gasteiger partial charge in [-0.3, -0.25) is 4.79 Å². The second kappa shape index (κ2) is 7.35. The third kappa shape index (κ3) is 3.88. The Balaban J connectivity index is 1.87. The van der Waals surface area contributed by atoms with Crippen LogP contribution in [0.1, 0.15) is 32.7 Å². The van der Waals surface area contributed by atoms with E-state index >= 15 is 0 Å². The molecule has 0 saturated carbocycles. The molecule has 0 aliphatic rings. The maximum atomic E-state index is 12.5. The van der Waals surface area contributed by atoms with E-state index in [0.29, 0.717) is 12.3 Å². The van der Waals surface area contributed by atoms with E-state index in [1.807, 2.05) is 63.2 Å². The molecule has 0 aliphatic carbocycles. The Bertz CT molecular complexity index is 984. The lowest BCUT2D eigenvalue weighted by Crippen LogP contribution is -2.26. The monoisotopic (exact) mass is 348 g/mol. The summed E-state index contributed by atoms with van der Waals surface area (Å²) in [6.07, 6.45) is 0. The van der Waals surface area contributed by atoms with E-state index < -0.39 is 5.97 Å². The average Bonchev–Trinajstić information content (AvgIpc) is 2.60. The first-order chi connectivity index (χ1) is 12.4. The Morgan fingerprint density at radius 2 is 1.65 bits per heavy atom. The van der Waals surface area contributed by atoms with E-state index in [1.165, 1.54) is 16.8 Å². The lowest BCUT2D eigenvalue weighted by Gasteiger charge is -2.12. The van der Waals surface area contributed by atoms with Crippen LogP contribution in [0, 0.1) is 20.8 Å². The van der Waals surface area contributed by atoms with E-state index in [4.69, 9.17) is 4.74 Å². The number of benzene rings is 2. The smallest absolute Gasteiger partial charge is 0.364 e. The highest BCUT2D eigenvalue weighted by atomic mass is 16.5.